The molecule has 3 amide bonds. The van der Waals surface area contributed by atoms with Crippen molar-refractivity contribution < 1.29 is 14.4 Å². The lowest BCUT2D eigenvalue weighted by Gasteiger charge is -2.22. The summed E-state index contributed by atoms with van der Waals surface area (Å²) in [4.78, 5) is 43.4. The highest BCUT2D eigenvalue weighted by molar-refractivity contribution is 6.21. The molecule has 0 spiro atoms. The molecule has 2 aliphatic heterocycles. The van der Waals surface area contributed by atoms with Gasteiger partial charge in [-0.05, 0) is 37.5 Å². The van der Waals surface area contributed by atoms with Crippen LogP contribution in [0.5, 0.6) is 0 Å². The van der Waals surface area contributed by atoms with Crippen molar-refractivity contribution in [2.75, 3.05) is 32.7 Å². The fourth-order valence-electron chi connectivity index (χ4n) is 4.37. The quantitative estimate of drug-likeness (QED) is 0.675. The molecule has 0 saturated carbocycles. The number of rotatable bonds is 6. The molecule has 1 fully saturated rings. The molecule has 0 aliphatic carbocycles. The van der Waals surface area contributed by atoms with Gasteiger partial charge in [-0.3, -0.25) is 24.2 Å². The smallest absolute Gasteiger partial charge is 0.261 e. The van der Waals surface area contributed by atoms with Gasteiger partial charge in [-0.15, -0.1) is 0 Å². The number of benzene rings is 2. The average Bonchev–Trinajstić information content (AvgIpc) is 2.92. The Balaban J connectivity index is 1.25. The van der Waals surface area contributed by atoms with Crippen LogP contribution in [-0.2, 0) is 11.3 Å². The van der Waals surface area contributed by atoms with Gasteiger partial charge in [0.2, 0.25) is 5.91 Å². The third-order valence-electron chi connectivity index (χ3n) is 6.09. The maximum atomic E-state index is 12.7. The maximum absolute atomic E-state index is 12.7. The van der Waals surface area contributed by atoms with Crippen LogP contribution in [0, 0.1) is 6.92 Å². The molecule has 6 heteroatoms. The minimum absolute atomic E-state index is 0.106. The number of nitrogens with zero attached hydrogens (tertiary/aromatic N) is 3. The zero-order chi connectivity index (χ0) is 21.8. The molecule has 0 N–H and O–H groups in total. The lowest BCUT2D eigenvalue weighted by molar-refractivity contribution is -0.131. The molecule has 4 rings (SSSR count). The Morgan fingerprint density at radius 2 is 1.68 bits per heavy atom. The number of hydrogen-bond donors (Lipinski definition) is 0. The van der Waals surface area contributed by atoms with E-state index in [4.69, 9.17) is 0 Å². The highest BCUT2D eigenvalue weighted by Gasteiger charge is 2.35. The Labute approximate surface area is 183 Å². The van der Waals surface area contributed by atoms with E-state index in [2.05, 4.69) is 29.2 Å². The lowest BCUT2D eigenvalue weighted by atomic mass is 10.1. The van der Waals surface area contributed by atoms with Crippen molar-refractivity contribution in [3.8, 4) is 0 Å². The molecule has 0 unspecified atom stereocenters. The second kappa shape index (κ2) is 9.43. The van der Waals surface area contributed by atoms with Gasteiger partial charge < -0.3 is 4.90 Å². The standard InChI is InChI=1S/C25H29N3O3/c1-19-10-11-21-22(17-19)25(31)28(24(21)30)14-5-9-23(29)27-13-6-12-26(15-16-27)18-20-7-3-2-4-8-20/h2-4,7-8,10-11,17H,5-6,9,12-16,18H2,1H3. The first-order valence-corrected chi connectivity index (χ1v) is 11.0. The molecular formula is C25H29N3O3. The molecule has 31 heavy (non-hydrogen) atoms. The van der Waals surface area contributed by atoms with Crippen molar-refractivity contribution in [1.82, 2.24) is 14.7 Å². The summed E-state index contributed by atoms with van der Waals surface area (Å²) in [6, 6.07) is 15.7. The molecule has 0 atom stereocenters. The summed E-state index contributed by atoms with van der Waals surface area (Å²) >= 11 is 0. The highest BCUT2D eigenvalue weighted by Crippen LogP contribution is 2.24. The lowest BCUT2D eigenvalue weighted by Crippen LogP contribution is -2.36. The SMILES string of the molecule is Cc1ccc2c(c1)C(=O)N(CCCC(=O)N1CCCN(Cc3ccccc3)CC1)C2=O. The summed E-state index contributed by atoms with van der Waals surface area (Å²) in [7, 11) is 0. The fraction of sp³-hybridized carbons (Fsp3) is 0.400. The van der Waals surface area contributed by atoms with Gasteiger partial charge in [0.15, 0.2) is 0 Å². The van der Waals surface area contributed by atoms with E-state index >= 15 is 0 Å². The number of imide groups is 1. The summed E-state index contributed by atoms with van der Waals surface area (Å²) in [5.74, 6) is -0.393. The van der Waals surface area contributed by atoms with E-state index in [9.17, 15) is 14.4 Å². The van der Waals surface area contributed by atoms with Gasteiger partial charge in [-0.2, -0.15) is 0 Å². The number of carbonyl (C=O) groups excluding carboxylic acids is 3. The van der Waals surface area contributed by atoms with Crippen LogP contribution in [0.1, 0.15) is 51.1 Å². The molecule has 0 bridgehead atoms. The van der Waals surface area contributed by atoms with Crippen LogP contribution in [0.25, 0.3) is 0 Å². The monoisotopic (exact) mass is 419 g/mol. The molecule has 1 saturated heterocycles. The number of hydrogen-bond acceptors (Lipinski definition) is 4. The molecular weight excluding hydrogens is 390 g/mol. The van der Waals surface area contributed by atoms with Crippen molar-refractivity contribution in [2.45, 2.75) is 32.7 Å². The normalized spacial score (nSPS) is 17.1. The molecule has 0 radical (unpaired) electrons. The number of amides is 3. The predicted octanol–water partition coefficient (Wildman–Crippen LogP) is 3.11. The molecule has 2 heterocycles. The van der Waals surface area contributed by atoms with Gasteiger partial charge >= 0.3 is 0 Å². The number of aryl methyl sites for hydroxylation is 1. The van der Waals surface area contributed by atoms with Crippen LogP contribution in [0.2, 0.25) is 0 Å². The molecule has 0 aromatic heterocycles. The molecule has 2 aromatic carbocycles. The Hall–Kier alpha value is -2.99. The van der Waals surface area contributed by atoms with Crippen LogP contribution in [-0.4, -0.2) is 65.1 Å². The van der Waals surface area contributed by atoms with Gasteiger partial charge in [0.05, 0.1) is 11.1 Å². The van der Waals surface area contributed by atoms with E-state index in [1.54, 1.807) is 12.1 Å². The van der Waals surface area contributed by atoms with Crippen molar-refractivity contribution >= 4 is 17.7 Å². The van der Waals surface area contributed by atoms with E-state index in [0.29, 0.717) is 24.0 Å². The zero-order valence-corrected chi connectivity index (χ0v) is 18.0. The van der Waals surface area contributed by atoms with Crippen LogP contribution < -0.4 is 0 Å². The van der Waals surface area contributed by atoms with E-state index in [-0.39, 0.29) is 24.3 Å². The first-order valence-electron chi connectivity index (χ1n) is 11.0. The van der Waals surface area contributed by atoms with Gasteiger partial charge in [0.1, 0.15) is 0 Å². The average molecular weight is 420 g/mol. The van der Waals surface area contributed by atoms with E-state index < -0.39 is 0 Å². The topological polar surface area (TPSA) is 60.9 Å². The molecule has 2 aromatic rings. The van der Waals surface area contributed by atoms with Gasteiger partial charge in [-0.25, -0.2) is 0 Å². The predicted molar refractivity (Wildman–Crippen MR) is 119 cm³/mol. The Morgan fingerprint density at radius 3 is 2.48 bits per heavy atom. The number of fused-ring (bicyclic) bond motifs is 1. The van der Waals surface area contributed by atoms with E-state index in [1.807, 2.05) is 24.0 Å². The number of carbonyl (C=O) groups is 3. The summed E-state index contributed by atoms with van der Waals surface area (Å²) in [6.07, 6.45) is 1.80. The third-order valence-corrected chi connectivity index (χ3v) is 6.09. The summed E-state index contributed by atoms with van der Waals surface area (Å²) in [6.45, 7) is 6.41. The van der Waals surface area contributed by atoms with Crippen LogP contribution >= 0.6 is 0 Å². The highest BCUT2D eigenvalue weighted by atomic mass is 16.2. The van der Waals surface area contributed by atoms with Crippen LogP contribution in [0.4, 0.5) is 0 Å². The minimum Gasteiger partial charge on any atom is -0.341 e. The summed E-state index contributed by atoms with van der Waals surface area (Å²) in [5, 5.41) is 0. The molecule has 2 aliphatic rings. The zero-order valence-electron chi connectivity index (χ0n) is 18.0. The van der Waals surface area contributed by atoms with E-state index in [0.717, 1.165) is 44.7 Å². The van der Waals surface area contributed by atoms with Crippen molar-refractivity contribution in [3.63, 3.8) is 0 Å². The second-order valence-corrected chi connectivity index (χ2v) is 8.41. The molecule has 162 valence electrons. The maximum Gasteiger partial charge on any atom is 0.261 e. The third kappa shape index (κ3) is 4.85. The van der Waals surface area contributed by atoms with Crippen molar-refractivity contribution in [1.29, 1.82) is 0 Å². The first-order chi connectivity index (χ1) is 15.0. The Kier molecular flexibility index (Phi) is 6.47. The van der Waals surface area contributed by atoms with Crippen molar-refractivity contribution in [2.24, 2.45) is 0 Å². The molecule has 6 nitrogen and oxygen atoms in total. The van der Waals surface area contributed by atoms with Gasteiger partial charge in [0.25, 0.3) is 11.8 Å². The first kappa shape index (κ1) is 21.2. The van der Waals surface area contributed by atoms with Gasteiger partial charge in [0, 0.05) is 45.7 Å². The van der Waals surface area contributed by atoms with E-state index in [1.165, 1.54) is 10.5 Å². The van der Waals surface area contributed by atoms with Crippen LogP contribution in [0.15, 0.2) is 48.5 Å². The van der Waals surface area contributed by atoms with Crippen LogP contribution in [0.3, 0.4) is 0 Å². The largest absolute Gasteiger partial charge is 0.341 e. The van der Waals surface area contributed by atoms with Crippen molar-refractivity contribution in [3.05, 3.63) is 70.8 Å². The second-order valence-electron chi connectivity index (χ2n) is 8.41. The Bertz CT molecular complexity index is 973. The fourth-order valence-corrected chi connectivity index (χ4v) is 4.37. The minimum atomic E-state index is -0.251. The Morgan fingerprint density at radius 1 is 0.903 bits per heavy atom. The van der Waals surface area contributed by atoms with Gasteiger partial charge in [-0.1, -0.05) is 42.0 Å². The summed E-state index contributed by atoms with van der Waals surface area (Å²) < 4.78 is 0. The summed E-state index contributed by atoms with van der Waals surface area (Å²) in [5.41, 5.74) is 3.19.